The number of thioether (sulfide) groups is 1. The lowest BCUT2D eigenvalue weighted by atomic mass is 10.1. The molecule has 1 aromatic heterocycles. The molecule has 0 saturated carbocycles. The summed E-state index contributed by atoms with van der Waals surface area (Å²) < 4.78 is 5.90. The fourth-order valence-electron chi connectivity index (χ4n) is 2.17. The zero-order valence-corrected chi connectivity index (χ0v) is 13.4. The largest absolute Gasteiger partial charge is 0.476 e. The second kappa shape index (κ2) is 6.52. The van der Waals surface area contributed by atoms with Gasteiger partial charge in [-0.1, -0.05) is 20.8 Å². The van der Waals surface area contributed by atoms with Gasteiger partial charge in [-0.25, -0.2) is 4.98 Å². The highest BCUT2D eigenvalue weighted by molar-refractivity contribution is 8.00. The summed E-state index contributed by atoms with van der Waals surface area (Å²) in [6.45, 7) is 9.20. The molecule has 0 radical (unpaired) electrons. The van der Waals surface area contributed by atoms with E-state index in [-0.39, 0.29) is 0 Å². The van der Waals surface area contributed by atoms with Crippen molar-refractivity contribution >= 4 is 23.3 Å². The second-order valence-corrected chi connectivity index (χ2v) is 7.41. The zero-order chi connectivity index (χ0) is 14.6. The summed E-state index contributed by atoms with van der Waals surface area (Å²) in [6.07, 6.45) is 3.60. The van der Waals surface area contributed by atoms with Crippen LogP contribution in [0.25, 0.3) is 0 Å². The Morgan fingerprint density at radius 2 is 2.20 bits per heavy atom. The van der Waals surface area contributed by atoms with E-state index in [0.717, 1.165) is 37.5 Å². The molecular formula is C14H24N4OS. The molecule has 0 atom stereocenters. The number of rotatable bonds is 4. The Labute approximate surface area is 125 Å². The number of nitrogens with two attached hydrogens (primary N) is 1. The van der Waals surface area contributed by atoms with Crippen LogP contribution in [0.5, 0.6) is 5.88 Å². The fraction of sp³-hybridized carbons (Fsp3) is 0.714. The molecule has 0 aliphatic carbocycles. The average Bonchev–Trinajstić information content (AvgIpc) is 2.59. The molecule has 112 valence electrons. The van der Waals surface area contributed by atoms with E-state index in [2.05, 4.69) is 35.6 Å². The number of ether oxygens (including phenoxy) is 1. The Hall–Kier alpha value is -1.17. The molecule has 2 heterocycles. The standard InChI is InChI=1S/C14H24N4OS/c1-4-8-19-13-11(15)12(16-10-17-13)18-6-5-14(2,3)20-9-7-18/h10H,4-9,15H2,1-3H3. The van der Waals surface area contributed by atoms with Gasteiger partial charge in [0, 0.05) is 23.6 Å². The van der Waals surface area contributed by atoms with Crippen molar-refractivity contribution in [3.8, 4) is 5.88 Å². The third-order valence-electron chi connectivity index (χ3n) is 3.41. The first-order valence-corrected chi connectivity index (χ1v) is 8.14. The van der Waals surface area contributed by atoms with Crippen LogP contribution in [0.15, 0.2) is 6.33 Å². The molecule has 0 unspecified atom stereocenters. The molecule has 0 amide bonds. The van der Waals surface area contributed by atoms with Crippen LogP contribution in [0, 0.1) is 0 Å². The topological polar surface area (TPSA) is 64.3 Å². The van der Waals surface area contributed by atoms with Crippen LogP contribution in [-0.2, 0) is 0 Å². The van der Waals surface area contributed by atoms with Crippen LogP contribution in [0.4, 0.5) is 11.5 Å². The van der Waals surface area contributed by atoms with Crippen LogP contribution >= 0.6 is 11.8 Å². The highest BCUT2D eigenvalue weighted by atomic mass is 32.2. The summed E-state index contributed by atoms with van der Waals surface area (Å²) in [5.74, 6) is 2.40. The highest BCUT2D eigenvalue weighted by Gasteiger charge is 2.25. The van der Waals surface area contributed by atoms with Crippen LogP contribution in [-0.4, -0.2) is 40.2 Å². The summed E-state index contributed by atoms with van der Waals surface area (Å²) in [4.78, 5) is 10.7. The van der Waals surface area contributed by atoms with Gasteiger partial charge >= 0.3 is 0 Å². The Kier molecular flexibility index (Phi) is 4.96. The van der Waals surface area contributed by atoms with E-state index in [0.29, 0.717) is 22.9 Å². The van der Waals surface area contributed by atoms with Gasteiger partial charge in [-0.2, -0.15) is 16.7 Å². The minimum atomic E-state index is 0.318. The normalized spacial score (nSPS) is 18.6. The summed E-state index contributed by atoms with van der Waals surface area (Å²) in [5, 5.41) is 0. The molecule has 0 bridgehead atoms. The summed E-state index contributed by atoms with van der Waals surface area (Å²) in [7, 11) is 0. The van der Waals surface area contributed by atoms with Crippen LogP contribution < -0.4 is 15.4 Å². The van der Waals surface area contributed by atoms with Crippen LogP contribution in [0.2, 0.25) is 0 Å². The van der Waals surface area contributed by atoms with Crippen molar-refractivity contribution in [1.82, 2.24) is 9.97 Å². The second-order valence-electron chi connectivity index (χ2n) is 5.61. The highest BCUT2D eigenvalue weighted by Crippen LogP contribution is 2.34. The van der Waals surface area contributed by atoms with Gasteiger partial charge < -0.3 is 15.4 Å². The molecule has 20 heavy (non-hydrogen) atoms. The number of hydrogen-bond donors (Lipinski definition) is 1. The van der Waals surface area contributed by atoms with E-state index >= 15 is 0 Å². The molecule has 2 rings (SSSR count). The fourth-order valence-corrected chi connectivity index (χ4v) is 3.27. The SMILES string of the molecule is CCCOc1ncnc(N2CCSC(C)(C)CC2)c1N. The molecule has 2 N–H and O–H groups in total. The van der Waals surface area contributed by atoms with Crippen molar-refractivity contribution < 1.29 is 4.74 Å². The number of anilines is 2. The molecule has 1 fully saturated rings. The summed E-state index contributed by atoms with van der Waals surface area (Å²) in [6, 6.07) is 0. The predicted octanol–water partition coefficient (Wildman–Crippen LogP) is 2.57. The van der Waals surface area contributed by atoms with Gasteiger partial charge in [0.25, 0.3) is 0 Å². The van der Waals surface area contributed by atoms with Gasteiger partial charge in [-0.15, -0.1) is 0 Å². The van der Waals surface area contributed by atoms with E-state index in [9.17, 15) is 0 Å². The molecule has 1 aliphatic rings. The van der Waals surface area contributed by atoms with Crippen molar-refractivity contribution in [2.45, 2.75) is 38.4 Å². The minimum absolute atomic E-state index is 0.318. The van der Waals surface area contributed by atoms with Gasteiger partial charge in [0.05, 0.1) is 6.61 Å². The average molecular weight is 296 g/mol. The van der Waals surface area contributed by atoms with Gasteiger partial charge in [0.1, 0.15) is 12.0 Å². The quantitative estimate of drug-likeness (QED) is 0.921. The molecule has 1 aliphatic heterocycles. The van der Waals surface area contributed by atoms with Crippen molar-refractivity contribution in [3.63, 3.8) is 0 Å². The number of aromatic nitrogens is 2. The lowest BCUT2D eigenvalue weighted by Gasteiger charge is -2.24. The summed E-state index contributed by atoms with van der Waals surface area (Å²) >= 11 is 2.01. The third kappa shape index (κ3) is 3.69. The lowest BCUT2D eigenvalue weighted by Crippen LogP contribution is -2.28. The number of hydrogen-bond acceptors (Lipinski definition) is 6. The maximum atomic E-state index is 6.18. The van der Waals surface area contributed by atoms with Crippen molar-refractivity contribution in [2.75, 3.05) is 36.1 Å². The number of nitrogen functional groups attached to an aromatic ring is 1. The van der Waals surface area contributed by atoms with Gasteiger partial charge in [-0.05, 0) is 12.8 Å². The van der Waals surface area contributed by atoms with Gasteiger partial charge in [0.15, 0.2) is 5.82 Å². The van der Waals surface area contributed by atoms with Crippen molar-refractivity contribution in [2.24, 2.45) is 0 Å². The van der Waals surface area contributed by atoms with E-state index in [1.54, 1.807) is 6.33 Å². The van der Waals surface area contributed by atoms with Crippen molar-refractivity contribution in [1.29, 1.82) is 0 Å². The van der Waals surface area contributed by atoms with E-state index in [4.69, 9.17) is 10.5 Å². The monoisotopic (exact) mass is 296 g/mol. The van der Waals surface area contributed by atoms with Gasteiger partial charge in [-0.3, -0.25) is 0 Å². The summed E-state index contributed by atoms with van der Waals surface area (Å²) in [5.41, 5.74) is 6.74. The number of nitrogens with zero attached hydrogens (tertiary/aromatic N) is 3. The zero-order valence-electron chi connectivity index (χ0n) is 12.6. The Balaban J connectivity index is 2.15. The smallest absolute Gasteiger partial charge is 0.242 e. The maximum absolute atomic E-state index is 6.18. The predicted molar refractivity (Wildman–Crippen MR) is 85.6 cm³/mol. The van der Waals surface area contributed by atoms with Crippen LogP contribution in [0.3, 0.4) is 0 Å². The van der Waals surface area contributed by atoms with E-state index < -0.39 is 0 Å². The van der Waals surface area contributed by atoms with E-state index in [1.807, 2.05) is 11.8 Å². The van der Waals surface area contributed by atoms with E-state index in [1.165, 1.54) is 0 Å². The molecule has 1 aromatic rings. The Morgan fingerprint density at radius 3 is 2.95 bits per heavy atom. The maximum Gasteiger partial charge on any atom is 0.242 e. The molecular weight excluding hydrogens is 272 g/mol. The molecule has 1 saturated heterocycles. The third-order valence-corrected chi connectivity index (χ3v) is 4.78. The first kappa shape index (κ1) is 15.2. The lowest BCUT2D eigenvalue weighted by molar-refractivity contribution is 0.306. The molecule has 0 spiro atoms. The first-order chi connectivity index (χ1) is 9.53. The Morgan fingerprint density at radius 1 is 1.40 bits per heavy atom. The van der Waals surface area contributed by atoms with Crippen molar-refractivity contribution in [3.05, 3.63) is 6.33 Å². The molecule has 0 aromatic carbocycles. The van der Waals surface area contributed by atoms with Crippen LogP contribution in [0.1, 0.15) is 33.6 Å². The van der Waals surface area contributed by atoms with Gasteiger partial charge in [0.2, 0.25) is 5.88 Å². The Bertz CT molecular complexity index is 453. The first-order valence-electron chi connectivity index (χ1n) is 7.15. The molecule has 5 nitrogen and oxygen atoms in total. The molecule has 6 heteroatoms. The minimum Gasteiger partial charge on any atom is -0.476 e.